The van der Waals surface area contributed by atoms with Gasteiger partial charge in [-0.2, -0.15) is 0 Å². The number of hydrogen-bond donors (Lipinski definition) is 2. The number of aryl methyl sites for hydroxylation is 1. The zero-order valence-corrected chi connectivity index (χ0v) is 11.8. The van der Waals surface area contributed by atoms with Crippen LogP contribution in [0.15, 0.2) is 11.4 Å². The molecule has 1 aliphatic carbocycles. The third-order valence-corrected chi connectivity index (χ3v) is 4.70. The first-order valence-electron chi connectivity index (χ1n) is 6.58. The molecular weight excluding hydrogens is 246 g/mol. The summed E-state index contributed by atoms with van der Waals surface area (Å²) in [4.78, 5) is 13.4. The lowest BCUT2D eigenvalue weighted by molar-refractivity contribution is -0.123. The maximum Gasteiger partial charge on any atom is 0.223 e. The molecule has 1 aliphatic rings. The van der Waals surface area contributed by atoms with E-state index < -0.39 is 0 Å². The van der Waals surface area contributed by atoms with Crippen molar-refractivity contribution in [2.75, 3.05) is 6.61 Å². The highest BCUT2D eigenvalue weighted by Gasteiger charge is 2.45. The maximum absolute atomic E-state index is 12.0. The summed E-state index contributed by atoms with van der Waals surface area (Å²) >= 11 is 1.76. The monoisotopic (exact) mass is 267 g/mol. The van der Waals surface area contributed by atoms with E-state index in [-0.39, 0.29) is 24.5 Å². The molecule has 18 heavy (non-hydrogen) atoms. The number of hydrogen-bond acceptors (Lipinski definition) is 3. The molecule has 1 saturated carbocycles. The van der Waals surface area contributed by atoms with Crippen molar-refractivity contribution in [2.45, 2.75) is 45.1 Å². The number of aliphatic hydroxyl groups excluding tert-OH is 1. The van der Waals surface area contributed by atoms with E-state index in [1.807, 2.05) is 6.92 Å². The van der Waals surface area contributed by atoms with Gasteiger partial charge in [0.1, 0.15) is 0 Å². The third kappa shape index (κ3) is 3.12. The molecule has 3 nitrogen and oxygen atoms in total. The predicted octanol–water partition coefficient (Wildman–Crippen LogP) is 2.44. The van der Waals surface area contributed by atoms with Crippen LogP contribution >= 0.6 is 11.3 Å². The SMILES string of the molecule is Cc1ccsc1C1CC1C(=O)NC(C)CCCO. The van der Waals surface area contributed by atoms with E-state index in [0.29, 0.717) is 5.92 Å². The van der Waals surface area contributed by atoms with Crippen LogP contribution < -0.4 is 5.32 Å². The number of carbonyl (C=O) groups is 1. The lowest BCUT2D eigenvalue weighted by Crippen LogP contribution is -2.34. The van der Waals surface area contributed by atoms with Gasteiger partial charge in [-0.25, -0.2) is 0 Å². The molecule has 0 saturated heterocycles. The van der Waals surface area contributed by atoms with E-state index in [4.69, 9.17) is 5.11 Å². The van der Waals surface area contributed by atoms with E-state index in [1.165, 1.54) is 10.4 Å². The summed E-state index contributed by atoms with van der Waals surface area (Å²) < 4.78 is 0. The van der Waals surface area contributed by atoms with Gasteiger partial charge in [-0.15, -0.1) is 11.3 Å². The van der Waals surface area contributed by atoms with E-state index in [1.54, 1.807) is 11.3 Å². The fourth-order valence-corrected chi connectivity index (χ4v) is 3.47. The molecule has 0 aromatic carbocycles. The average molecular weight is 267 g/mol. The van der Waals surface area contributed by atoms with Gasteiger partial charge in [0.25, 0.3) is 0 Å². The van der Waals surface area contributed by atoms with Crippen molar-refractivity contribution in [3.05, 3.63) is 21.9 Å². The van der Waals surface area contributed by atoms with Crippen LogP contribution in [0.1, 0.15) is 42.5 Å². The molecule has 1 fully saturated rings. The smallest absolute Gasteiger partial charge is 0.223 e. The van der Waals surface area contributed by atoms with Crippen LogP contribution in [0, 0.1) is 12.8 Å². The van der Waals surface area contributed by atoms with Crippen molar-refractivity contribution >= 4 is 17.2 Å². The standard InChI is InChI=1S/C14H21NO2S/c1-9-5-7-18-13(9)11-8-12(11)14(17)15-10(2)4-3-6-16/h5,7,10-12,16H,3-4,6,8H2,1-2H3,(H,15,17). The lowest BCUT2D eigenvalue weighted by Gasteiger charge is -2.13. The average Bonchev–Trinajstić information content (AvgIpc) is 3.02. The Hall–Kier alpha value is -0.870. The lowest BCUT2D eigenvalue weighted by atomic mass is 10.1. The molecule has 0 aliphatic heterocycles. The van der Waals surface area contributed by atoms with Gasteiger partial charge in [-0.3, -0.25) is 4.79 Å². The molecule has 2 rings (SSSR count). The Balaban J connectivity index is 1.81. The fourth-order valence-electron chi connectivity index (χ4n) is 2.36. The van der Waals surface area contributed by atoms with Crippen molar-refractivity contribution < 1.29 is 9.90 Å². The molecule has 3 atom stereocenters. The summed E-state index contributed by atoms with van der Waals surface area (Å²) in [5.41, 5.74) is 1.31. The topological polar surface area (TPSA) is 49.3 Å². The number of amides is 1. The molecule has 2 N–H and O–H groups in total. The fraction of sp³-hybridized carbons (Fsp3) is 0.643. The second-order valence-corrected chi connectivity index (χ2v) is 6.14. The minimum Gasteiger partial charge on any atom is -0.396 e. The molecule has 1 heterocycles. The molecule has 1 aromatic heterocycles. The van der Waals surface area contributed by atoms with E-state index in [0.717, 1.165) is 19.3 Å². The minimum absolute atomic E-state index is 0.162. The van der Waals surface area contributed by atoms with Gasteiger partial charge in [0.05, 0.1) is 0 Å². The van der Waals surface area contributed by atoms with Crippen molar-refractivity contribution in [3.8, 4) is 0 Å². The van der Waals surface area contributed by atoms with Crippen LogP contribution in [0.2, 0.25) is 0 Å². The van der Waals surface area contributed by atoms with Gasteiger partial charge in [0, 0.05) is 29.4 Å². The van der Waals surface area contributed by atoms with Crippen LogP contribution in [0.3, 0.4) is 0 Å². The second kappa shape index (κ2) is 5.85. The van der Waals surface area contributed by atoms with E-state index in [9.17, 15) is 4.79 Å². The van der Waals surface area contributed by atoms with Crippen LogP contribution in [-0.2, 0) is 4.79 Å². The Morgan fingerprint density at radius 2 is 2.44 bits per heavy atom. The minimum atomic E-state index is 0.162. The number of aliphatic hydroxyl groups is 1. The molecule has 1 amide bonds. The van der Waals surface area contributed by atoms with Gasteiger partial charge < -0.3 is 10.4 Å². The Morgan fingerprint density at radius 1 is 1.67 bits per heavy atom. The highest BCUT2D eigenvalue weighted by Crippen LogP contribution is 2.50. The highest BCUT2D eigenvalue weighted by molar-refractivity contribution is 7.10. The van der Waals surface area contributed by atoms with Crippen molar-refractivity contribution in [1.29, 1.82) is 0 Å². The Kier molecular flexibility index (Phi) is 4.40. The Labute approximate surface area is 112 Å². The van der Waals surface area contributed by atoms with Crippen molar-refractivity contribution in [2.24, 2.45) is 5.92 Å². The van der Waals surface area contributed by atoms with Gasteiger partial charge in [0.15, 0.2) is 0 Å². The second-order valence-electron chi connectivity index (χ2n) is 5.19. The van der Waals surface area contributed by atoms with E-state index >= 15 is 0 Å². The van der Waals surface area contributed by atoms with Crippen LogP contribution in [0.25, 0.3) is 0 Å². The first-order valence-corrected chi connectivity index (χ1v) is 7.46. The highest BCUT2D eigenvalue weighted by atomic mass is 32.1. The van der Waals surface area contributed by atoms with Crippen LogP contribution in [0.5, 0.6) is 0 Å². The van der Waals surface area contributed by atoms with Crippen molar-refractivity contribution in [3.63, 3.8) is 0 Å². The Morgan fingerprint density at radius 3 is 3.06 bits per heavy atom. The summed E-state index contributed by atoms with van der Waals surface area (Å²) in [7, 11) is 0. The quantitative estimate of drug-likeness (QED) is 0.831. The number of carbonyl (C=O) groups excluding carboxylic acids is 1. The molecular formula is C14H21NO2S. The van der Waals surface area contributed by atoms with Gasteiger partial charge in [0.2, 0.25) is 5.91 Å². The molecule has 100 valence electrons. The summed E-state index contributed by atoms with van der Waals surface area (Å²) in [6, 6.07) is 2.28. The first-order chi connectivity index (χ1) is 8.63. The number of thiophene rings is 1. The molecule has 1 aromatic rings. The normalized spacial score (nSPS) is 23.7. The maximum atomic E-state index is 12.0. The molecule has 4 heteroatoms. The van der Waals surface area contributed by atoms with Crippen LogP contribution in [-0.4, -0.2) is 23.7 Å². The zero-order chi connectivity index (χ0) is 13.1. The molecule has 0 spiro atoms. The van der Waals surface area contributed by atoms with Gasteiger partial charge in [-0.05, 0) is 50.1 Å². The molecule has 3 unspecified atom stereocenters. The van der Waals surface area contributed by atoms with E-state index in [2.05, 4.69) is 23.7 Å². The number of nitrogens with one attached hydrogen (secondary N) is 1. The largest absolute Gasteiger partial charge is 0.396 e. The van der Waals surface area contributed by atoms with Gasteiger partial charge >= 0.3 is 0 Å². The summed E-state index contributed by atoms with van der Waals surface area (Å²) in [6.45, 7) is 4.31. The third-order valence-electron chi connectivity index (χ3n) is 3.55. The summed E-state index contributed by atoms with van der Waals surface area (Å²) in [6.07, 6.45) is 2.58. The first kappa shape index (κ1) is 13.6. The van der Waals surface area contributed by atoms with Crippen LogP contribution in [0.4, 0.5) is 0 Å². The van der Waals surface area contributed by atoms with Gasteiger partial charge in [-0.1, -0.05) is 0 Å². The zero-order valence-electron chi connectivity index (χ0n) is 11.0. The Bertz CT molecular complexity index is 416. The predicted molar refractivity (Wildman–Crippen MR) is 73.8 cm³/mol. The summed E-state index contributed by atoms with van der Waals surface area (Å²) in [5.74, 6) is 0.784. The number of rotatable bonds is 6. The van der Waals surface area contributed by atoms with Crippen molar-refractivity contribution in [1.82, 2.24) is 5.32 Å². The molecule has 0 radical (unpaired) electrons. The summed E-state index contributed by atoms with van der Waals surface area (Å²) in [5, 5.41) is 13.9. The molecule has 0 bridgehead atoms.